The van der Waals surface area contributed by atoms with E-state index < -0.39 is 5.91 Å². The molecule has 0 bridgehead atoms. The number of likely N-dealkylation sites (tertiary alicyclic amines) is 1. The van der Waals surface area contributed by atoms with Crippen LogP contribution in [0.15, 0.2) is 24.3 Å². The molecule has 0 unspecified atom stereocenters. The Balaban J connectivity index is 1.52. The van der Waals surface area contributed by atoms with Gasteiger partial charge in [0.2, 0.25) is 15.9 Å². The molecule has 9 nitrogen and oxygen atoms in total. The fourth-order valence-corrected chi connectivity index (χ4v) is 3.83. The molecule has 0 atom stereocenters. The van der Waals surface area contributed by atoms with Gasteiger partial charge in [-0.25, -0.2) is 0 Å². The maximum Gasteiger partial charge on any atom is 0.286 e. The number of piperidine rings is 1. The smallest absolute Gasteiger partial charge is 0.286 e. The lowest BCUT2D eigenvalue weighted by Gasteiger charge is -2.30. The zero-order chi connectivity index (χ0) is 21.5. The molecule has 1 aliphatic rings. The first-order chi connectivity index (χ1) is 14.5. The molecule has 160 valence electrons. The highest BCUT2D eigenvalue weighted by Gasteiger charge is 2.29. The van der Waals surface area contributed by atoms with E-state index in [2.05, 4.69) is 20.8 Å². The number of nitrogens with zero attached hydrogens (tertiary/aromatic N) is 3. The quantitative estimate of drug-likeness (QED) is 0.646. The fourth-order valence-electron chi connectivity index (χ4n) is 3.12. The average Bonchev–Trinajstić information content (AvgIpc) is 3.25. The van der Waals surface area contributed by atoms with E-state index in [4.69, 9.17) is 4.74 Å². The molecule has 0 radical (unpaired) electrons. The van der Waals surface area contributed by atoms with E-state index in [-0.39, 0.29) is 27.7 Å². The second-order valence-electron chi connectivity index (χ2n) is 7.08. The van der Waals surface area contributed by atoms with Crippen LogP contribution in [0.4, 0.5) is 5.69 Å². The van der Waals surface area contributed by atoms with Gasteiger partial charge in [0, 0.05) is 38.3 Å². The highest BCUT2D eigenvalue weighted by molar-refractivity contribution is 7.15. The van der Waals surface area contributed by atoms with Crippen molar-refractivity contribution >= 4 is 34.7 Å². The van der Waals surface area contributed by atoms with Gasteiger partial charge < -0.3 is 20.3 Å². The van der Waals surface area contributed by atoms with E-state index in [0.717, 1.165) is 16.9 Å². The number of benzene rings is 1. The number of nitrogens with one attached hydrogen (secondary N) is 2. The Morgan fingerprint density at radius 2 is 1.80 bits per heavy atom. The first-order valence-electron chi connectivity index (χ1n) is 9.75. The largest absolute Gasteiger partial charge is 0.383 e. The molecule has 0 saturated carbocycles. The Labute approximate surface area is 178 Å². The van der Waals surface area contributed by atoms with Gasteiger partial charge in [0.15, 0.2) is 0 Å². The van der Waals surface area contributed by atoms with Crippen LogP contribution in [0.3, 0.4) is 0 Å². The first kappa shape index (κ1) is 21.8. The van der Waals surface area contributed by atoms with Gasteiger partial charge >= 0.3 is 0 Å². The molecule has 2 heterocycles. The summed E-state index contributed by atoms with van der Waals surface area (Å²) in [4.78, 5) is 38.8. The van der Waals surface area contributed by atoms with Gasteiger partial charge in [-0.05, 0) is 31.9 Å². The fraction of sp³-hybridized carbons (Fsp3) is 0.450. The summed E-state index contributed by atoms with van der Waals surface area (Å²) >= 11 is 0.967. The van der Waals surface area contributed by atoms with Crippen LogP contribution in [-0.4, -0.2) is 66.2 Å². The Hall–Kier alpha value is -2.85. The lowest BCUT2D eigenvalue weighted by Crippen LogP contribution is -2.43. The summed E-state index contributed by atoms with van der Waals surface area (Å²) in [6, 6.07) is 7.39. The van der Waals surface area contributed by atoms with Crippen LogP contribution in [0.5, 0.6) is 0 Å². The SMILES string of the molecule is COCCNC(=O)C1CCN(C(=O)c2nnc(C(=O)Nc3ccc(C)cc3)s2)CC1. The summed E-state index contributed by atoms with van der Waals surface area (Å²) in [5.41, 5.74) is 1.74. The number of amides is 3. The number of anilines is 1. The van der Waals surface area contributed by atoms with Crippen molar-refractivity contribution in [3.63, 3.8) is 0 Å². The van der Waals surface area contributed by atoms with E-state index in [1.807, 2.05) is 19.1 Å². The number of hydrogen-bond acceptors (Lipinski definition) is 7. The standard InChI is InChI=1S/C20H25N5O4S/c1-13-3-5-15(6-4-13)22-17(27)18-23-24-19(30-18)20(28)25-10-7-14(8-11-25)16(26)21-9-12-29-2/h3-6,14H,7-12H2,1-2H3,(H,21,26)(H,22,27). The van der Waals surface area contributed by atoms with Gasteiger partial charge in [-0.2, -0.15) is 0 Å². The van der Waals surface area contributed by atoms with Crippen molar-refractivity contribution in [3.8, 4) is 0 Å². The van der Waals surface area contributed by atoms with Crippen molar-refractivity contribution in [2.24, 2.45) is 5.92 Å². The number of rotatable bonds is 7. The van der Waals surface area contributed by atoms with Crippen LogP contribution < -0.4 is 10.6 Å². The highest BCUT2D eigenvalue weighted by Crippen LogP contribution is 2.21. The zero-order valence-corrected chi connectivity index (χ0v) is 17.8. The number of hydrogen-bond donors (Lipinski definition) is 2. The molecule has 3 rings (SSSR count). The third-order valence-electron chi connectivity index (χ3n) is 4.87. The lowest BCUT2D eigenvalue weighted by atomic mass is 9.96. The number of methoxy groups -OCH3 is 1. The van der Waals surface area contributed by atoms with Crippen molar-refractivity contribution in [2.45, 2.75) is 19.8 Å². The molecule has 30 heavy (non-hydrogen) atoms. The average molecular weight is 432 g/mol. The van der Waals surface area contributed by atoms with Gasteiger partial charge in [0.25, 0.3) is 11.8 Å². The summed E-state index contributed by atoms with van der Waals surface area (Å²) in [5, 5.41) is 13.6. The monoisotopic (exact) mass is 431 g/mol. The summed E-state index contributed by atoms with van der Waals surface area (Å²) in [6.07, 6.45) is 1.17. The summed E-state index contributed by atoms with van der Waals surface area (Å²) < 4.78 is 4.93. The van der Waals surface area contributed by atoms with Crippen LogP contribution in [0, 0.1) is 12.8 Å². The maximum atomic E-state index is 12.7. The van der Waals surface area contributed by atoms with Gasteiger partial charge in [0.05, 0.1) is 6.61 Å². The van der Waals surface area contributed by atoms with Crippen molar-refractivity contribution in [1.82, 2.24) is 20.4 Å². The summed E-state index contributed by atoms with van der Waals surface area (Å²) in [5.74, 6) is -0.789. The van der Waals surface area contributed by atoms with Crippen LogP contribution in [0.2, 0.25) is 0 Å². The van der Waals surface area contributed by atoms with Crippen LogP contribution in [0.1, 0.15) is 38.0 Å². The topological polar surface area (TPSA) is 114 Å². The molecule has 0 aliphatic carbocycles. The predicted molar refractivity (Wildman–Crippen MR) is 113 cm³/mol. The summed E-state index contributed by atoms with van der Waals surface area (Å²) in [7, 11) is 1.58. The minimum Gasteiger partial charge on any atom is -0.383 e. The molecule has 3 amide bonds. The second-order valence-corrected chi connectivity index (χ2v) is 8.06. The van der Waals surface area contributed by atoms with Crippen LogP contribution in [-0.2, 0) is 9.53 Å². The minimum atomic E-state index is -0.401. The Morgan fingerprint density at radius 3 is 2.47 bits per heavy atom. The van der Waals surface area contributed by atoms with Gasteiger partial charge in [-0.3, -0.25) is 14.4 Å². The van der Waals surface area contributed by atoms with E-state index in [1.165, 1.54) is 0 Å². The highest BCUT2D eigenvalue weighted by atomic mass is 32.1. The van der Waals surface area contributed by atoms with Crippen molar-refractivity contribution < 1.29 is 19.1 Å². The third kappa shape index (κ3) is 5.61. The van der Waals surface area contributed by atoms with E-state index in [0.29, 0.717) is 44.8 Å². The number of ether oxygens (including phenoxy) is 1. The van der Waals surface area contributed by atoms with Crippen LogP contribution >= 0.6 is 11.3 Å². The summed E-state index contributed by atoms with van der Waals surface area (Å²) in [6.45, 7) is 3.84. The molecule has 0 spiro atoms. The van der Waals surface area contributed by atoms with Crippen molar-refractivity contribution in [2.75, 3.05) is 38.7 Å². The van der Waals surface area contributed by atoms with Crippen LogP contribution in [0.25, 0.3) is 0 Å². The zero-order valence-electron chi connectivity index (χ0n) is 17.0. The van der Waals surface area contributed by atoms with Gasteiger partial charge in [-0.1, -0.05) is 29.0 Å². The lowest BCUT2D eigenvalue weighted by molar-refractivity contribution is -0.126. The second kappa shape index (κ2) is 10.3. The molecule has 1 saturated heterocycles. The Bertz CT molecular complexity index is 891. The van der Waals surface area contributed by atoms with E-state index in [9.17, 15) is 14.4 Å². The van der Waals surface area contributed by atoms with E-state index in [1.54, 1.807) is 24.1 Å². The number of aromatic nitrogens is 2. The minimum absolute atomic E-state index is 0.00914. The first-order valence-corrected chi connectivity index (χ1v) is 10.6. The Morgan fingerprint density at radius 1 is 1.13 bits per heavy atom. The number of carbonyl (C=O) groups is 3. The third-order valence-corrected chi connectivity index (χ3v) is 5.78. The van der Waals surface area contributed by atoms with Gasteiger partial charge in [-0.15, -0.1) is 10.2 Å². The number of aryl methyl sites for hydroxylation is 1. The molecule has 10 heteroatoms. The van der Waals surface area contributed by atoms with Crippen molar-refractivity contribution in [3.05, 3.63) is 39.8 Å². The number of carbonyl (C=O) groups excluding carboxylic acids is 3. The van der Waals surface area contributed by atoms with E-state index >= 15 is 0 Å². The molecular weight excluding hydrogens is 406 g/mol. The normalized spacial score (nSPS) is 14.4. The molecule has 2 N–H and O–H groups in total. The molecule has 2 aromatic rings. The van der Waals surface area contributed by atoms with Crippen molar-refractivity contribution in [1.29, 1.82) is 0 Å². The molecule has 1 aliphatic heterocycles. The maximum absolute atomic E-state index is 12.7. The molecule has 1 aromatic carbocycles. The molecule has 1 aromatic heterocycles. The molecule has 1 fully saturated rings. The molecular formula is C20H25N5O4S. The predicted octanol–water partition coefficient (Wildman–Crippen LogP) is 1.71. The van der Waals surface area contributed by atoms with Gasteiger partial charge in [0.1, 0.15) is 0 Å². The Kier molecular flexibility index (Phi) is 7.47.